The summed E-state index contributed by atoms with van der Waals surface area (Å²) in [7, 11) is 0. The van der Waals surface area contributed by atoms with Crippen LogP contribution in [0.2, 0.25) is 0 Å². The van der Waals surface area contributed by atoms with Crippen LogP contribution in [0.3, 0.4) is 0 Å². The molecule has 0 radical (unpaired) electrons. The first-order valence-corrected chi connectivity index (χ1v) is 6.36. The Morgan fingerprint density at radius 3 is 2.50 bits per heavy atom. The molecule has 0 saturated carbocycles. The van der Waals surface area contributed by atoms with Crippen LogP contribution in [-0.2, 0) is 10.3 Å². The molecule has 0 aliphatic rings. The van der Waals surface area contributed by atoms with E-state index in [2.05, 4.69) is 10.1 Å². The van der Waals surface area contributed by atoms with Gasteiger partial charge in [0.2, 0.25) is 5.91 Å². The third kappa shape index (κ3) is 3.90. The summed E-state index contributed by atoms with van der Waals surface area (Å²) in [5.74, 6) is -0.430. The van der Waals surface area contributed by atoms with Gasteiger partial charge in [0.05, 0.1) is 0 Å². The number of carbonyl (C=O) groups excluding carboxylic acids is 1. The number of hydrogen-bond donors (Lipinski definition) is 2. The van der Waals surface area contributed by atoms with E-state index in [1.165, 1.54) is 6.07 Å². The Labute approximate surface area is 117 Å². The van der Waals surface area contributed by atoms with Crippen molar-refractivity contribution in [3.8, 4) is 5.75 Å². The fourth-order valence-electron chi connectivity index (χ4n) is 1.80. The minimum atomic E-state index is -2.96. The molecular weight excluding hydrogens is 266 g/mol. The molecule has 6 heteroatoms. The molecule has 0 aliphatic carbocycles. The molecule has 112 valence electrons. The number of alkyl halides is 2. The highest BCUT2D eigenvalue weighted by molar-refractivity contribution is 5.86. The number of carbonyl (C=O) groups is 1. The maximum absolute atomic E-state index is 12.4. The van der Waals surface area contributed by atoms with Crippen molar-refractivity contribution in [2.75, 3.05) is 6.54 Å². The zero-order chi connectivity index (χ0) is 15.3. The number of para-hydroxylation sites is 1. The van der Waals surface area contributed by atoms with E-state index in [9.17, 15) is 13.6 Å². The number of nitrogens with two attached hydrogens (primary N) is 1. The lowest BCUT2D eigenvalue weighted by Gasteiger charge is -2.30. The monoisotopic (exact) mass is 286 g/mol. The summed E-state index contributed by atoms with van der Waals surface area (Å²) in [6, 6.07) is 6.15. The molecule has 0 heterocycles. The highest BCUT2D eigenvalue weighted by Crippen LogP contribution is 2.31. The van der Waals surface area contributed by atoms with Crippen molar-refractivity contribution in [2.24, 2.45) is 11.7 Å². The van der Waals surface area contributed by atoms with Crippen LogP contribution < -0.4 is 15.8 Å². The Morgan fingerprint density at radius 2 is 2.00 bits per heavy atom. The average Bonchev–Trinajstić information content (AvgIpc) is 2.35. The van der Waals surface area contributed by atoms with Crippen LogP contribution in [0, 0.1) is 5.92 Å². The Kier molecular flexibility index (Phi) is 5.44. The summed E-state index contributed by atoms with van der Waals surface area (Å²) in [4.78, 5) is 11.8. The number of halogens is 2. The highest BCUT2D eigenvalue weighted by Gasteiger charge is 2.35. The number of amides is 1. The first kappa shape index (κ1) is 16.4. The minimum absolute atomic E-state index is 0.0555. The Balaban J connectivity index is 3.17. The highest BCUT2D eigenvalue weighted by atomic mass is 19.3. The lowest BCUT2D eigenvalue weighted by molar-refractivity contribution is -0.124. The molecule has 0 aromatic heterocycles. The van der Waals surface area contributed by atoms with E-state index in [1.807, 2.05) is 13.8 Å². The molecule has 1 aromatic carbocycles. The number of hydrogen-bond acceptors (Lipinski definition) is 3. The van der Waals surface area contributed by atoms with Crippen molar-refractivity contribution in [3.05, 3.63) is 29.8 Å². The second-order valence-electron chi connectivity index (χ2n) is 5.14. The van der Waals surface area contributed by atoms with Gasteiger partial charge in [0.15, 0.2) is 0 Å². The number of rotatable bonds is 7. The topological polar surface area (TPSA) is 64.3 Å². The fourth-order valence-corrected chi connectivity index (χ4v) is 1.80. The lowest BCUT2D eigenvalue weighted by atomic mass is 9.89. The van der Waals surface area contributed by atoms with Crippen LogP contribution in [0.5, 0.6) is 5.75 Å². The summed E-state index contributed by atoms with van der Waals surface area (Å²) >= 11 is 0. The lowest BCUT2D eigenvalue weighted by Crippen LogP contribution is -2.51. The molecule has 0 aliphatic heterocycles. The second-order valence-corrected chi connectivity index (χ2v) is 5.14. The van der Waals surface area contributed by atoms with Gasteiger partial charge in [-0.2, -0.15) is 8.78 Å². The van der Waals surface area contributed by atoms with E-state index in [4.69, 9.17) is 5.73 Å². The molecule has 1 aromatic rings. The zero-order valence-corrected chi connectivity index (χ0v) is 11.8. The van der Waals surface area contributed by atoms with Crippen molar-refractivity contribution in [1.29, 1.82) is 0 Å². The predicted molar refractivity (Wildman–Crippen MR) is 72.5 cm³/mol. The number of ether oxygens (including phenoxy) is 1. The Hall–Kier alpha value is -1.69. The fraction of sp³-hybridized carbons (Fsp3) is 0.500. The second kappa shape index (κ2) is 6.65. The summed E-state index contributed by atoms with van der Waals surface area (Å²) in [6.07, 6.45) is 0. The van der Waals surface area contributed by atoms with Crippen LogP contribution in [0.25, 0.3) is 0 Å². The van der Waals surface area contributed by atoms with Crippen LogP contribution in [-0.4, -0.2) is 19.1 Å². The molecule has 4 nitrogen and oxygen atoms in total. The van der Waals surface area contributed by atoms with Gasteiger partial charge >= 0.3 is 6.61 Å². The van der Waals surface area contributed by atoms with Gasteiger partial charge in [0.25, 0.3) is 0 Å². The smallest absolute Gasteiger partial charge is 0.387 e. The largest absolute Gasteiger partial charge is 0.434 e. The van der Waals surface area contributed by atoms with E-state index in [1.54, 1.807) is 25.1 Å². The quantitative estimate of drug-likeness (QED) is 0.808. The molecule has 1 amide bonds. The zero-order valence-electron chi connectivity index (χ0n) is 11.8. The van der Waals surface area contributed by atoms with Crippen molar-refractivity contribution >= 4 is 5.91 Å². The first-order chi connectivity index (χ1) is 9.27. The Bertz CT molecular complexity index is 466. The average molecular weight is 286 g/mol. The summed E-state index contributed by atoms with van der Waals surface area (Å²) in [5.41, 5.74) is 4.48. The summed E-state index contributed by atoms with van der Waals surface area (Å²) in [5, 5.41) is 3.03. The number of benzene rings is 1. The summed E-state index contributed by atoms with van der Waals surface area (Å²) < 4.78 is 29.4. The molecule has 0 bridgehead atoms. The maximum Gasteiger partial charge on any atom is 0.387 e. The molecular formula is C14H20F2N2O2. The minimum Gasteiger partial charge on any atom is -0.434 e. The van der Waals surface area contributed by atoms with E-state index in [-0.39, 0.29) is 11.7 Å². The Morgan fingerprint density at radius 1 is 1.40 bits per heavy atom. The standard InChI is InChI=1S/C14H20F2N2O2/c1-9(2)8-18-14(3,12(17)19)10-6-4-5-7-11(10)20-13(15)16/h4-7,9,13,18H,8H2,1-3H3,(H2,17,19). The number of primary amides is 1. The third-order valence-electron chi connectivity index (χ3n) is 3.00. The van der Waals surface area contributed by atoms with Gasteiger partial charge in [-0.05, 0) is 25.5 Å². The summed E-state index contributed by atoms with van der Waals surface area (Å²) in [6.45, 7) is 3.05. The van der Waals surface area contributed by atoms with Gasteiger partial charge in [-0.15, -0.1) is 0 Å². The molecule has 1 rings (SSSR count). The van der Waals surface area contributed by atoms with Crippen LogP contribution in [0.4, 0.5) is 8.78 Å². The van der Waals surface area contributed by atoms with Crippen molar-refractivity contribution in [1.82, 2.24) is 5.32 Å². The number of nitrogens with one attached hydrogen (secondary N) is 1. The van der Waals surface area contributed by atoms with E-state index in [0.717, 1.165) is 0 Å². The van der Waals surface area contributed by atoms with Crippen LogP contribution in [0.15, 0.2) is 24.3 Å². The first-order valence-electron chi connectivity index (χ1n) is 6.36. The molecule has 0 spiro atoms. The van der Waals surface area contributed by atoms with Crippen molar-refractivity contribution in [2.45, 2.75) is 32.9 Å². The SMILES string of the molecule is CC(C)CNC(C)(C(N)=O)c1ccccc1OC(F)F. The molecule has 0 saturated heterocycles. The van der Waals surface area contributed by atoms with Gasteiger partial charge in [-0.25, -0.2) is 0 Å². The van der Waals surface area contributed by atoms with E-state index in [0.29, 0.717) is 12.1 Å². The van der Waals surface area contributed by atoms with Gasteiger partial charge < -0.3 is 10.5 Å². The van der Waals surface area contributed by atoms with Gasteiger partial charge in [0, 0.05) is 5.56 Å². The molecule has 3 N–H and O–H groups in total. The molecule has 1 unspecified atom stereocenters. The normalized spacial score (nSPS) is 14.3. The van der Waals surface area contributed by atoms with Crippen LogP contribution >= 0.6 is 0 Å². The van der Waals surface area contributed by atoms with Gasteiger partial charge in [-0.1, -0.05) is 32.0 Å². The molecule has 1 atom stereocenters. The van der Waals surface area contributed by atoms with Crippen molar-refractivity contribution in [3.63, 3.8) is 0 Å². The van der Waals surface area contributed by atoms with Crippen LogP contribution in [0.1, 0.15) is 26.3 Å². The molecule has 0 fully saturated rings. The van der Waals surface area contributed by atoms with E-state index < -0.39 is 18.1 Å². The predicted octanol–water partition coefficient (Wildman–Crippen LogP) is 2.23. The third-order valence-corrected chi connectivity index (χ3v) is 3.00. The maximum atomic E-state index is 12.4. The van der Waals surface area contributed by atoms with Gasteiger partial charge in [0.1, 0.15) is 11.3 Å². The van der Waals surface area contributed by atoms with Crippen molar-refractivity contribution < 1.29 is 18.3 Å². The molecule has 20 heavy (non-hydrogen) atoms. The van der Waals surface area contributed by atoms with E-state index >= 15 is 0 Å². The van der Waals surface area contributed by atoms with Gasteiger partial charge in [-0.3, -0.25) is 10.1 Å².